The van der Waals surface area contributed by atoms with Crippen molar-refractivity contribution in [1.29, 1.82) is 0 Å². The van der Waals surface area contributed by atoms with E-state index >= 15 is 0 Å². The van der Waals surface area contributed by atoms with E-state index in [9.17, 15) is 4.79 Å². The molecule has 0 saturated heterocycles. The highest BCUT2D eigenvalue weighted by Gasteiger charge is 2.05. The Balaban J connectivity index is 2.26. The molecule has 1 rings (SSSR count). The van der Waals surface area contributed by atoms with Crippen molar-refractivity contribution in [3.05, 3.63) is 30.1 Å². The third-order valence-corrected chi connectivity index (χ3v) is 1.82. The van der Waals surface area contributed by atoms with E-state index in [4.69, 9.17) is 5.73 Å². The minimum absolute atomic E-state index is 0.124. The standard InChI is InChI=1S/C10H15N3O/c1-8(11)10(14)13-7-5-9-4-2-3-6-12-9/h2-4,6,8H,5,7,11H2,1H3,(H,13,14)/t8-/m0/s1. The third-order valence-electron chi connectivity index (χ3n) is 1.82. The Kier molecular flexibility index (Phi) is 4.07. The number of aromatic nitrogens is 1. The first-order valence-corrected chi connectivity index (χ1v) is 4.63. The number of pyridine rings is 1. The number of nitrogens with one attached hydrogen (secondary N) is 1. The maximum absolute atomic E-state index is 11.1. The molecule has 1 aromatic heterocycles. The number of nitrogens with zero attached hydrogens (tertiary/aromatic N) is 1. The van der Waals surface area contributed by atoms with Crippen LogP contribution in [0, 0.1) is 0 Å². The van der Waals surface area contributed by atoms with Crippen LogP contribution in [0.3, 0.4) is 0 Å². The number of carbonyl (C=O) groups is 1. The van der Waals surface area contributed by atoms with Crippen LogP contribution in [0.4, 0.5) is 0 Å². The molecule has 0 unspecified atom stereocenters. The van der Waals surface area contributed by atoms with Crippen LogP contribution in [0.25, 0.3) is 0 Å². The lowest BCUT2D eigenvalue weighted by molar-refractivity contribution is -0.121. The molecule has 4 nitrogen and oxygen atoms in total. The second-order valence-electron chi connectivity index (χ2n) is 3.15. The molecule has 0 spiro atoms. The van der Waals surface area contributed by atoms with Gasteiger partial charge in [-0.25, -0.2) is 0 Å². The summed E-state index contributed by atoms with van der Waals surface area (Å²) in [6, 6.07) is 5.27. The molecular weight excluding hydrogens is 178 g/mol. The van der Waals surface area contributed by atoms with Gasteiger partial charge in [0.05, 0.1) is 6.04 Å². The fourth-order valence-electron chi connectivity index (χ4n) is 1.02. The first kappa shape index (κ1) is 10.7. The van der Waals surface area contributed by atoms with Gasteiger partial charge in [0, 0.05) is 24.9 Å². The molecule has 1 atom stereocenters. The van der Waals surface area contributed by atoms with E-state index in [1.54, 1.807) is 13.1 Å². The summed E-state index contributed by atoms with van der Waals surface area (Å²) in [6.45, 7) is 2.24. The van der Waals surface area contributed by atoms with Gasteiger partial charge in [-0.1, -0.05) is 6.07 Å². The number of amides is 1. The lowest BCUT2D eigenvalue weighted by Crippen LogP contribution is -2.39. The molecule has 0 aromatic carbocycles. The molecule has 1 amide bonds. The van der Waals surface area contributed by atoms with Crippen molar-refractivity contribution in [2.45, 2.75) is 19.4 Å². The normalized spacial score (nSPS) is 12.1. The Labute approximate surface area is 83.5 Å². The Morgan fingerprint density at radius 3 is 3.00 bits per heavy atom. The first-order chi connectivity index (χ1) is 6.70. The van der Waals surface area contributed by atoms with Crippen LogP contribution in [0.2, 0.25) is 0 Å². The maximum Gasteiger partial charge on any atom is 0.236 e. The SMILES string of the molecule is C[C@H](N)C(=O)NCCc1ccccn1. The lowest BCUT2D eigenvalue weighted by Gasteiger charge is -2.06. The molecule has 0 radical (unpaired) electrons. The number of hydrogen-bond donors (Lipinski definition) is 2. The molecule has 1 heterocycles. The van der Waals surface area contributed by atoms with Gasteiger partial charge in [-0.05, 0) is 19.1 Å². The van der Waals surface area contributed by atoms with Crippen molar-refractivity contribution >= 4 is 5.91 Å². The number of nitrogens with two attached hydrogens (primary N) is 1. The van der Waals surface area contributed by atoms with Crippen molar-refractivity contribution in [2.75, 3.05) is 6.54 Å². The molecule has 3 N–H and O–H groups in total. The fraction of sp³-hybridized carbons (Fsp3) is 0.400. The van der Waals surface area contributed by atoms with E-state index in [1.807, 2.05) is 18.2 Å². The molecule has 0 aliphatic rings. The van der Waals surface area contributed by atoms with E-state index in [2.05, 4.69) is 10.3 Å². The molecule has 1 aromatic rings. The second-order valence-corrected chi connectivity index (χ2v) is 3.15. The topological polar surface area (TPSA) is 68.0 Å². The molecule has 76 valence electrons. The van der Waals surface area contributed by atoms with Gasteiger partial charge in [0.2, 0.25) is 5.91 Å². The maximum atomic E-state index is 11.1. The third kappa shape index (κ3) is 3.53. The zero-order valence-corrected chi connectivity index (χ0v) is 8.23. The Morgan fingerprint density at radius 1 is 1.64 bits per heavy atom. The first-order valence-electron chi connectivity index (χ1n) is 4.63. The van der Waals surface area contributed by atoms with E-state index in [-0.39, 0.29) is 5.91 Å². The van der Waals surface area contributed by atoms with Crippen LogP contribution in [-0.2, 0) is 11.2 Å². The molecule has 0 aliphatic heterocycles. The lowest BCUT2D eigenvalue weighted by atomic mass is 10.2. The number of carbonyl (C=O) groups excluding carboxylic acids is 1. The van der Waals surface area contributed by atoms with Crippen LogP contribution in [-0.4, -0.2) is 23.5 Å². The molecule has 0 saturated carbocycles. The second kappa shape index (κ2) is 5.34. The monoisotopic (exact) mass is 193 g/mol. The number of rotatable bonds is 4. The molecule has 0 aliphatic carbocycles. The van der Waals surface area contributed by atoms with Crippen molar-refractivity contribution in [3.8, 4) is 0 Å². The summed E-state index contributed by atoms with van der Waals surface area (Å²) in [6.07, 6.45) is 2.47. The van der Waals surface area contributed by atoms with E-state index < -0.39 is 6.04 Å². The van der Waals surface area contributed by atoms with Gasteiger partial charge in [-0.2, -0.15) is 0 Å². The molecule has 4 heteroatoms. The highest BCUT2D eigenvalue weighted by atomic mass is 16.2. The van der Waals surface area contributed by atoms with Crippen LogP contribution < -0.4 is 11.1 Å². The average molecular weight is 193 g/mol. The average Bonchev–Trinajstić information content (AvgIpc) is 2.19. The fourth-order valence-corrected chi connectivity index (χ4v) is 1.02. The van der Waals surface area contributed by atoms with E-state index in [0.29, 0.717) is 6.54 Å². The van der Waals surface area contributed by atoms with Crippen LogP contribution >= 0.6 is 0 Å². The van der Waals surface area contributed by atoms with Gasteiger partial charge in [0.25, 0.3) is 0 Å². The summed E-state index contributed by atoms with van der Waals surface area (Å²) in [5, 5.41) is 2.73. The van der Waals surface area contributed by atoms with Crippen LogP contribution in [0.15, 0.2) is 24.4 Å². The summed E-state index contributed by atoms with van der Waals surface area (Å²) in [7, 11) is 0. The predicted octanol–water partition coefficient (Wildman–Crippen LogP) is 0.0875. The van der Waals surface area contributed by atoms with Crippen LogP contribution in [0.1, 0.15) is 12.6 Å². The van der Waals surface area contributed by atoms with Gasteiger partial charge < -0.3 is 11.1 Å². The highest BCUT2D eigenvalue weighted by Crippen LogP contribution is 1.92. The Hall–Kier alpha value is -1.42. The van der Waals surface area contributed by atoms with Crippen LogP contribution in [0.5, 0.6) is 0 Å². The van der Waals surface area contributed by atoms with Crippen molar-refractivity contribution in [2.24, 2.45) is 5.73 Å². The Morgan fingerprint density at radius 2 is 2.43 bits per heavy atom. The quantitative estimate of drug-likeness (QED) is 0.712. The van der Waals surface area contributed by atoms with E-state index in [1.165, 1.54) is 0 Å². The molecule has 14 heavy (non-hydrogen) atoms. The van der Waals surface area contributed by atoms with Gasteiger partial charge in [0.15, 0.2) is 0 Å². The molecular formula is C10H15N3O. The van der Waals surface area contributed by atoms with Crippen molar-refractivity contribution in [3.63, 3.8) is 0 Å². The minimum Gasteiger partial charge on any atom is -0.354 e. The zero-order valence-electron chi connectivity index (χ0n) is 8.23. The van der Waals surface area contributed by atoms with E-state index in [0.717, 1.165) is 12.1 Å². The zero-order chi connectivity index (χ0) is 10.4. The van der Waals surface area contributed by atoms with Gasteiger partial charge in [-0.3, -0.25) is 9.78 Å². The largest absolute Gasteiger partial charge is 0.354 e. The summed E-state index contributed by atoms with van der Waals surface area (Å²) < 4.78 is 0. The summed E-state index contributed by atoms with van der Waals surface area (Å²) in [4.78, 5) is 15.2. The molecule has 0 fully saturated rings. The smallest absolute Gasteiger partial charge is 0.236 e. The highest BCUT2D eigenvalue weighted by molar-refractivity contribution is 5.80. The number of hydrogen-bond acceptors (Lipinski definition) is 3. The summed E-state index contributed by atoms with van der Waals surface area (Å²) >= 11 is 0. The van der Waals surface area contributed by atoms with Gasteiger partial charge in [0.1, 0.15) is 0 Å². The van der Waals surface area contributed by atoms with Gasteiger partial charge in [-0.15, -0.1) is 0 Å². The Bertz CT molecular complexity index is 285. The molecule has 0 bridgehead atoms. The summed E-state index contributed by atoms with van der Waals surface area (Å²) in [5.41, 5.74) is 6.36. The van der Waals surface area contributed by atoms with Crippen molar-refractivity contribution < 1.29 is 4.79 Å². The van der Waals surface area contributed by atoms with Gasteiger partial charge >= 0.3 is 0 Å². The van der Waals surface area contributed by atoms with Crippen molar-refractivity contribution in [1.82, 2.24) is 10.3 Å². The minimum atomic E-state index is -0.446. The predicted molar refractivity (Wildman–Crippen MR) is 54.6 cm³/mol. The summed E-state index contributed by atoms with van der Waals surface area (Å²) in [5.74, 6) is -0.124.